The first-order valence-corrected chi connectivity index (χ1v) is 6.67. The summed E-state index contributed by atoms with van der Waals surface area (Å²) in [7, 11) is 0. The number of aldehydes is 1. The predicted octanol–water partition coefficient (Wildman–Crippen LogP) is 4.58. The van der Waals surface area contributed by atoms with Gasteiger partial charge in [0.2, 0.25) is 0 Å². The number of benzene rings is 2. The lowest BCUT2D eigenvalue weighted by Gasteiger charge is -2.03. The number of carbonyl (C=O) groups excluding carboxylic acids is 1. The van der Waals surface area contributed by atoms with E-state index in [1.165, 1.54) is 6.07 Å². The molecular weight excluding hydrogens is 271 g/mol. The summed E-state index contributed by atoms with van der Waals surface area (Å²) in [6, 6.07) is 12.1. The molecule has 0 saturated heterocycles. The van der Waals surface area contributed by atoms with Gasteiger partial charge in [-0.1, -0.05) is 29.8 Å². The van der Waals surface area contributed by atoms with Gasteiger partial charge < -0.3 is 0 Å². The third kappa shape index (κ3) is 3.34. The van der Waals surface area contributed by atoms with Crippen molar-refractivity contribution in [2.45, 2.75) is 10.6 Å². The molecule has 0 saturated carbocycles. The monoisotopic (exact) mass is 280 g/mol. The number of hydrogen-bond acceptors (Lipinski definition) is 2. The zero-order valence-electron chi connectivity index (χ0n) is 9.40. The number of thioether (sulfide) groups is 1. The van der Waals surface area contributed by atoms with Gasteiger partial charge in [0.15, 0.2) is 0 Å². The Kier molecular flexibility index (Phi) is 4.39. The van der Waals surface area contributed by atoms with Gasteiger partial charge in [-0.2, -0.15) is 0 Å². The second-order valence-corrected chi connectivity index (χ2v) is 5.18. The summed E-state index contributed by atoms with van der Waals surface area (Å²) < 4.78 is 13.2. The quantitative estimate of drug-likeness (QED) is 0.602. The van der Waals surface area contributed by atoms with Crippen molar-refractivity contribution in [3.8, 4) is 0 Å². The molecule has 0 aliphatic heterocycles. The lowest BCUT2D eigenvalue weighted by Crippen LogP contribution is -1.85. The van der Waals surface area contributed by atoms with Gasteiger partial charge in [-0.05, 0) is 29.8 Å². The average molecular weight is 281 g/mol. The Hall–Kier alpha value is -1.32. The molecule has 0 aromatic heterocycles. The number of hydrogen-bond donors (Lipinski definition) is 0. The van der Waals surface area contributed by atoms with Crippen molar-refractivity contribution >= 4 is 29.6 Å². The Morgan fingerprint density at radius 2 is 1.89 bits per heavy atom. The summed E-state index contributed by atoms with van der Waals surface area (Å²) in [6.07, 6.45) is 0.809. The number of rotatable bonds is 4. The summed E-state index contributed by atoms with van der Waals surface area (Å²) in [5, 5.41) is 0.138. The molecule has 0 N–H and O–H groups in total. The third-order valence-corrected chi connectivity index (χ3v) is 3.80. The molecule has 0 aliphatic rings. The summed E-state index contributed by atoms with van der Waals surface area (Å²) in [5.74, 6) is 0.264. The van der Waals surface area contributed by atoms with Crippen molar-refractivity contribution in [1.82, 2.24) is 0 Å². The van der Waals surface area contributed by atoms with Crippen LogP contribution in [0.25, 0.3) is 0 Å². The minimum Gasteiger partial charge on any atom is -0.298 e. The molecule has 0 atom stereocenters. The lowest BCUT2D eigenvalue weighted by atomic mass is 10.2. The van der Waals surface area contributed by atoms with Gasteiger partial charge in [0.05, 0.1) is 5.02 Å². The van der Waals surface area contributed by atoms with Crippen LogP contribution in [-0.2, 0) is 5.75 Å². The van der Waals surface area contributed by atoms with Crippen LogP contribution in [0.5, 0.6) is 0 Å². The molecular formula is C14H10ClFOS. The van der Waals surface area contributed by atoms with Crippen molar-refractivity contribution in [2.75, 3.05) is 0 Å². The van der Waals surface area contributed by atoms with Crippen LogP contribution in [0.2, 0.25) is 5.02 Å². The zero-order chi connectivity index (χ0) is 13.0. The smallest absolute Gasteiger partial charge is 0.150 e. The molecule has 0 bridgehead atoms. The van der Waals surface area contributed by atoms with E-state index in [2.05, 4.69) is 0 Å². The summed E-state index contributed by atoms with van der Waals surface area (Å²) >= 11 is 7.20. The van der Waals surface area contributed by atoms with Gasteiger partial charge in [-0.25, -0.2) is 4.39 Å². The zero-order valence-corrected chi connectivity index (χ0v) is 11.0. The molecule has 0 aliphatic carbocycles. The van der Waals surface area contributed by atoms with E-state index in [4.69, 9.17) is 11.6 Å². The Balaban J connectivity index is 2.01. The minimum atomic E-state index is -0.397. The van der Waals surface area contributed by atoms with E-state index in [-0.39, 0.29) is 5.02 Å². The Bertz CT molecular complexity index is 554. The molecule has 0 fully saturated rings. The van der Waals surface area contributed by atoms with Crippen LogP contribution in [0, 0.1) is 5.82 Å². The van der Waals surface area contributed by atoms with E-state index in [0.717, 1.165) is 16.7 Å². The van der Waals surface area contributed by atoms with Crippen LogP contribution < -0.4 is 0 Å². The SMILES string of the molecule is O=Cc1ccc(SCc2ccc(Cl)c(F)c2)cc1. The van der Waals surface area contributed by atoms with Crippen LogP contribution in [0.15, 0.2) is 47.4 Å². The number of carbonyl (C=O) groups is 1. The highest BCUT2D eigenvalue weighted by Crippen LogP contribution is 2.24. The van der Waals surface area contributed by atoms with Crippen LogP contribution in [0.4, 0.5) is 4.39 Å². The molecule has 4 heteroatoms. The van der Waals surface area contributed by atoms with Crippen LogP contribution >= 0.6 is 23.4 Å². The fraction of sp³-hybridized carbons (Fsp3) is 0.0714. The first-order chi connectivity index (χ1) is 8.69. The van der Waals surface area contributed by atoms with Crippen molar-refractivity contribution in [3.63, 3.8) is 0 Å². The molecule has 92 valence electrons. The second kappa shape index (κ2) is 6.03. The largest absolute Gasteiger partial charge is 0.298 e. The minimum absolute atomic E-state index is 0.138. The van der Waals surface area contributed by atoms with Gasteiger partial charge in [-0.3, -0.25) is 4.79 Å². The molecule has 2 aromatic rings. The van der Waals surface area contributed by atoms with Gasteiger partial charge in [-0.15, -0.1) is 11.8 Å². The van der Waals surface area contributed by atoms with E-state index in [9.17, 15) is 9.18 Å². The molecule has 18 heavy (non-hydrogen) atoms. The summed E-state index contributed by atoms with van der Waals surface area (Å²) in [5.41, 5.74) is 1.53. The first kappa shape index (κ1) is 13.1. The fourth-order valence-corrected chi connectivity index (χ4v) is 2.40. The maximum absolute atomic E-state index is 13.2. The molecule has 0 radical (unpaired) electrons. The second-order valence-electron chi connectivity index (χ2n) is 3.72. The predicted molar refractivity (Wildman–Crippen MR) is 72.8 cm³/mol. The van der Waals surface area contributed by atoms with Gasteiger partial charge in [0, 0.05) is 16.2 Å². The Morgan fingerprint density at radius 1 is 1.17 bits per heavy atom. The Morgan fingerprint density at radius 3 is 2.50 bits per heavy atom. The highest BCUT2D eigenvalue weighted by molar-refractivity contribution is 7.98. The highest BCUT2D eigenvalue weighted by Gasteiger charge is 2.02. The highest BCUT2D eigenvalue weighted by atomic mass is 35.5. The maximum Gasteiger partial charge on any atom is 0.150 e. The van der Waals surface area contributed by atoms with E-state index >= 15 is 0 Å². The van der Waals surface area contributed by atoms with Crippen LogP contribution in [-0.4, -0.2) is 6.29 Å². The molecule has 0 spiro atoms. The van der Waals surface area contributed by atoms with E-state index in [1.807, 2.05) is 12.1 Å². The Labute approximate surface area is 114 Å². The van der Waals surface area contributed by atoms with E-state index < -0.39 is 5.82 Å². The molecule has 2 rings (SSSR count). The molecule has 0 amide bonds. The van der Waals surface area contributed by atoms with E-state index in [0.29, 0.717) is 11.3 Å². The molecule has 0 heterocycles. The van der Waals surface area contributed by atoms with Crippen LogP contribution in [0.3, 0.4) is 0 Å². The van der Waals surface area contributed by atoms with Gasteiger partial charge in [0.1, 0.15) is 12.1 Å². The van der Waals surface area contributed by atoms with Crippen molar-refractivity contribution in [1.29, 1.82) is 0 Å². The third-order valence-electron chi connectivity index (χ3n) is 2.41. The van der Waals surface area contributed by atoms with Gasteiger partial charge >= 0.3 is 0 Å². The lowest BCUT2D eigenvalue weighted by molar-refractivity contribution is 0.112. The molecule has 1 nitrogen and oxygen atoms in total. The average Bonchev–Trinajstić information content (AvgIpc) is 2.41. The maximum atomic E-state index is 13.2. The van der Waals surface area contributed by atoms with Crippen molar-refractivity contribution in [3.05, 3.63) is 64.4 Å². The standard InChI is InChI=1S/C14H10ClFOS/c15-13-6-3-11(7-14(13)16)9-18-12-4-1-10(8-17)2-5-12/h1-8H,9H2. The normalized spacial score (nSPS) is 10.3. The summed E-state index contributed by atoms with van der Waals surface area (Å²) in [4.78, 5) is 11.5. The molecule has 0 unspecified atom stereocenters. The molecule has 2 aromatic carbocycles. The summed E-state index contributed by atoms with van der Waals surface area (Å²) in [6.45, 7) is 0. The first-order valence-electron chi connectivity index (χ1n) is 5.31. The van der Waals surface area contributed by atoms with Gasteiger partial charge in [0.25, 0.3) is 0 Å². The fourth-order valence-electron chi connectivity index (χ4n) is 1.44. The van der Waals surface area contributed by atoms with Crippen molar-refractivity contribution < 1.29 is 9.18 Å². The van der Waals surface area contributed by atoms with Crippen LogP contribution in [0.1, 0.15) is 15.9 Å². The topological polar surface area (TPSA) is 17.1 Å². The van der Waals surface area contributed by atoms with E-state index in [1.54, 1.807) is 36.0 Å². The van der Waals surface area contributed by atoms with Crippen molar-refractivity contribution in [2.24, 2.45) is 0 Å². The number of halogens is 2.